The van der Waals surface area contributed by atoms with Crippen molar-refractivity contribution in [3.05, 3.63) is 68.3 Å². The van der Waals surface area contributed by atoms with Gasteiger partial charge in [0.25, 0.3) is 11.4 Å². The van der Waals surface area contributed by atoms with E-state index in [0.717, 1.165) is 11.6 Å². The zero-order valence-electron chi connectivity index (χ0n) is 13.5. The molecule has 3 rings (SSSR count). The van der Waals surface area contributed by atoms with Crippen LogP contribution in [0.1, 0.15) is 5.56 Å². The van der Waals surface area contributed by atoms with Crippen molar-refractivity contribution in [3.8, 4) is 17.1 Å². The molecule has 0 saturated carbocycles. The summed E-state index contributed by atoms with van der Waals surface area (Å²) in [5.41, 5.74) is 0.202. The second-order valence-electron chi connectivity index (χ2n) is 5.24. The van der Waals surface area contributed by atoms with E-state index < -0.39 is 21.2 Å². The highest BCUT2D eigenvalue weighted by atomic mass is 16.6. The van der Waals surface area contributed by atoms with Gasteiger partial charge in [0.15, 0.2) is 0 Å². The molecule has 0 unspecified atom stereocenters. The van der Waals surface area contributed by atoms with E-state index in [1.807, 2.05) is 12.1 Å². The molecule has 0 aliphatic carbocycles. The van der Waals surface area contributed by atoms with Crippen LogP contribution in [0.25, 0.3) is 11.4 Å². The van der Waals surface area contributed by atoms with Crippen molar-refractivity contribution in [1.29, 1.82) is 0 Å². The molecule has 3 aromatic rings. The van der Waals surface area contributed by atoms with E-state index in [9.17, 15) is 20.2 Å². The van der Waals surface area contributed by atoms with Gasteiger partial charge in [-0.15, -0.1) is 10.2 Å². The fourth-order valence-electron chi connectivity index (χ4n) is 2.26. The van der Waals surface area contributed by atoms with Crippen LogP contribution in [0.15, 0.2) is 42.5 Å². The van der Waals surface area contributed by atoms with Gasteiger partial charge in [0.1, 0.15) is 5.75 Å². The maximum atomic E-state index is 11.0. The number of benzene rings is 2. The Morgan fingerprint density at radius 2 is 1.65 bits per heavy atom. The Bertz CT molecular complexity index is 937. The van der Waals surface area contributed by atoms with Crippen molar-refractivity contribution in [2.75, 3.05) is 7.11 Å². The molecule has 0 atom stereocenters. The van der Waals surface area contributed by atoms with Gasteiger partial charge in [-0.1, -0.05) is 12.1 Å². The predicted molar refractivity (Wildman–Crippen MR) is 88.7 cm³/mol. The lowest BCUT2D eigenvalue weighted by Gasteiger charge is -2.02. The zero-order chi connectivity index (χ0) is 18.7. The van der Waals surface area contributed by atoms with E-state index in [4.69, 9.17) is 4.74 Å². The molecule has 26 heavy (non-hydrogen) atoms. The normalized spacial score (nSPS) is 10.5. The van der Waals surface area contributed by atoms with Crippen molar-refractivity contribution >= 4 is 11.4 Å². The molecule has 0 aliphatic rings. The van der Waals surface area contributed by atoms with Gasteiger partial charge in [0.2, 0.25) is 5.82 Å². The summed E-state index contributed by atoms with van der Waals surface area (Å²) in [7, 11) is 1.57. The van der Waals surface area contributed by atoms with E-state index in [-0.39, 0.29) is 11.4 Å². The quantitative estimate of drug-likeness (QED) is 0.484. The lowest BCUT2D eigenvalue weighted by atomic mass is 10.1. The topological polar surface area (TPSA) is 139 Å². The molecule has 11 nitrogen and oxygen atoms in total. The van der Waals surface area contributed by atoms with Gasteiger partial charge in [-0.05, 0) is 22.9 Å². The van der Waals surface area contributed by atoms with Crippen molar-refractivity contribution in [2.45, 2.75) is 6.54 Å². The highest BCUT2D eigenvalue weighted by Gasteiger charge is 2.19. The standard InChI is InChI=1S/C15H12N6O5/c1-26-14-4-2-10(3-5-14)9-19-17-15(16-18-19)11-6-12(20(22)23)8-13(7-11)21(24)25/h2-8H,9H2,1H3. The van der Waals surface area contributed by atoms with E-state index in [2.05, 4.69) is 15.4 Å². The van der Waals surface area contributed by atoms with Crippen LogP contribution in [0.2, 0.25) is 0 Å². The third-order valence-corrected chi connectivity index (χ3v) is 3.52. The van der Waals surface area contributed by atoms with E-state index in [1.54, 1.807) is 19.2 Å². The zero-order valence-corrected chi connectivity index (χ0v) is 13.5. The Labute approximate surface area is 146 Å². The molecule has 0 fully saturated rings. The Morgan fingerprint density at radius 3 is 2.19 bits per heavy atom. The number of aromatic nitrogens is 4. The van der Waals surface area contributed by atoms with Crippen LogP contribution in [-0.4, -0.2) is 37.2 Å². The molecule has 0 amide bonds. The molecule has 0 saturated heterocycles. The molecule has 1 heterocycles. The summed E-state index contributed by atoms with van der Waals surface area (Å²) in [6, 6.07) is 10.5. The van der Waals surface area contributed by atoms with Crippen molar-refractivity contribution in [3.63, 3.8) is 0 Å². The molecular formula is C15H12N6O5. The highest BCUT2D eigenvalue weighted by Crippen LogP contribution is 2.27. The second kappa shape index (κ2) is 6.93. The van der Waals surface area contributed by atoms with Crippen LogP contribution in [0.5, 0.6) is 5.75 Å². The smallest absolute Gasteiger partial charge is 0.277 e. The van der Waals surface area contributed by atoms with Crippen LogP contribution in [-0.2, 0) is 6.54 Å². The number of tetrazole rings is 1. The summed E-state index contributed by atoms with van der Waals surface area (Å²) >= 11 is 0. The van der Waals surface area contributed by atoms with Crippen LogP contribution >= 0.6 is 0 Å². The average Bonchev–Trinajstić information content (AvgIpc) is 3.10. The highest BCUT2D eigenvalue weighted by molar-refractivity contribution is 5.63. The van der Waals surface area contributed by atoms with E-state index in [0.29, 0.717) is 12.3 Å². The maximum absolute atomic E-state index is 11.0. The number of non-ortho nitro benzene ring substituents is 2. The molecule has 11 heteroatoms. The first kappa shape index (κ1) is 17.0. The monoisotopic (exact) mass is 356 g/mol. The fourth-order valence-corrected chi connectivity index (χ4v) is 2.26. The lowest BCUT2D eigenvalue weighted by Crippen LogP contribution is -2.04. The molecule has 1 aromatic heterocycles. The maximum Gasteiger partial charge on any atom is 0.277 e. The molecule has 0 bridgehead atoms. The predicted octanol–water partition coefficient (Wildman–Crippen LogP) is 2.21. The van der Waals surface area contributed by atoms with Gasteiger partial charge in [-0.25, -0.2) is 0 Å². The minimum absolute atomic E-state index is 0.0605. The SMILES string of the molecule is COc1ccc(Cn2nnc(-c3cc([N+](=O)[O-])cc([N+](=O)[O-])c3)n2)cc1. The molecule has 0 aliphatic heterocycles. The first-order valence-electron chi connectivity index (χ1n) is 7.31. The Morgan fingerprint density at radius 1 is 1.04 bits per heavy atom. The minimum atomic E-state index is -0.710. The van der Waals surface area contributed by atoms with Gasteiger partial charge in [0, 0.05) is 17.7 Å². The Kier molecular flexibility index (Phi) is 4.51. The molecule has 0 spiro atoms. The van der Waals surface area contributed by atoms with Crippen LogP contribution in [0.3, 0.4) is 0 Å². The van der Waals surface area contributed by atoms with E-state index in [1.165, 1.54) is 16.9 Å². The van der Waals surface area contributed by atoms with Gasteiger partial charge >= 0.3 is 0 Å². The van der Waals surface area contributed by atoms with Gasteiger partial charge in [-0.3, -0.25) is 20.2 Å². The van der Waals surface area contributed by atoms with Crippen LogP contribution < -0.4 is 4.74 Å². The summed E-state index contributed by atoms with van der Waals surface area (Å²) in [5, 5.41) is 33.8. The number of nitrogens with zero attached hydrogens (tertiary/aromatic N) is 6. The number of hydrogen-bond donors (Lipinski definition) is 0. The summed E-state index contributed by atoms with van der Waals surface area (Å²) < 4.78 is 5.08. The van der Waals surface area contributed by atoms with Crippen LogP contribution in [0.4, 0.5) is 11.4 Å². The van der Waals surface area contributed by atoms with E-state index >= 15 is 0 Å². The molecular weight excluding hydrogens is 344 g/mol. The largest absolute Gasteiger partial charge is 0.497 e. The third-order valence-electron chi connectivity index (χ3n) is 3.52. The number of methoxy groups -OCH3 is 1. The fraction of sp³-hybridized carbons (Fsp3) is 0.133. The average molecular weight is 356 g/mol. The van der Waals surface area contributed by atoms with Crippen molar-refractivity contribution < 1.29 is 14.6 Å². The first-order valence-corrected chi connectivity index (χ1v) is 7.31. The summed E-state index contributed by atoms with van der Waals surface area (Å²) in [6.07, 6.45) is 0. The molecule has 0 radical (unpaired) electrons. The summed E-state index contributed by atoms with van der Waals surface area (Å²) in [5.74, 6) is 0.773. The molecule has 0 N–H and O–H groups in total. The number of ether oxygens (including phenoxy) is 1. The third kappa shape index (κ3) is 3.61. The first-order chi connectivity index (χ1) is 12.5. The summed E-state index contributed by atoms with van der Waals surface area (Å²) in [6.45, 7) is 0.314. The van der Waals surface area contributed by atoms with Crippen molar-refractivity contribution in [1.82, 2.24) is 20.2 Å². The number of hydrogen-bond acceptors (Lipinski definition) is 8. The summed E-state index contributed by atoms with van der Waals surface area (Å²) in [4.78, 5) is 21.8. The second-order valence-corrected chi connectivity index (χ2v) is 5.24. The number of nitro benzene ring substituents is 2. The molecule has 132 valence electrons. The number of nitro groups is 2. The minimum Gasteiger partial charge on any atom is -0.497 e. The van der Waals surface area contributed by atoms with Crippen molar-refractivity contribution in [2.24, 2.45) is 0 Å². The number of rotatable bonds is 6. The van der Waals surface area contributed by atoms with Gasteiger partial charge in [0.05, 0.1) is 29.6 Å². The van der Waals surface area contributed by atoms with Crippen LogP contribution in [0, 0.1) is 20.2 Å². The molecule has 2 aromatic carbocycles. The van der Waals surface area contributed by atoms with Gasteiger partial charge < -0.3 is 4.74 Å². The lowest BCUT2D eigenvalue weighted by molar-refractivity contribution is -0.394. The van der Waals surface area contributed by atoms with Gasteiger partial charge in [-0.2, -0.15) is 4.80 Å². The Balaban J connectivity index is 1.89. The Hall–Kier alpha value is -3.89.